The van der Waals surface area contributed by atoms with Gasteiger partial charge in [0.15, 0.2) is 17.4 Å². The van der Waals surface area contributed by atoms with E-state index in [0.29, 0.717) is 33.6 Å². The molecule has 1 aromatic carbocycles. The maximum absolute atomic E-state index is 13.1. The first-order valence-electron chi connectivity index (χ1n) is 20.4. The van der Waals surface area contributed by atoms with E-state index >= 15 is 0 Å². The number of aromatic nitrogens is 4. The van der Waals surface area contributed by atoms with Gasteiger partial charge in [0.05, 0.1) is 36.0 Å². The number of nitrogens with two attached hydrogens (primary N) is 2. The molecule has 366 valence electrons. The highest BCUT2D eigenvalue weighted by Gasteiger charge is 2.42. The molecular formula is C38H47N13O14S3. The molecule has 0 radical (unpaired) electrons. The van der Waals surface area contributed by atoms with E-state index in [9.17, 15) is 63.3 Å². The summed E-state index contributed by atoms with van der Waals surface area (Å²) < 4.78 is 0. The highest BCUT2D eigenvalue weighted by molar-refractivity contribution is 8.76. The van der Waals surface area contributed by atoms with Crippen LogP contribution in [0.3, 0.4) is 0 Å². The first kappa shape index (κ1) is 52.4. The number of thioether (sulfide) groups is 1. The van der Waals surface area contributed by atoms with Crippen LogP contribution in [0.5, 0.6) is 0 Å². The fourth-order valence-electron chi connectivity index (χ4n) is 6.13. The number of rotatable bonds is 23. The Morgan fingerprint density at radius 2 is 1.72 bits per heavy atom. The van der Waals surface area contributed by atoms with Crippen LogP contribution < -0.4 is 43.6 Å². The molecule has 30 heteroatoms. The van der Waals surface area contributed by atoms with Gasteiger partial charge in [-0.2, -0.15) is 4.98 Å². The molecule has 1 unspecified atom stereocenters. The Kier molecular flexibility index (Phi) is 18.8. The van der Waals surface area contributed by atoms with Crippen molar-refractivity contribution >= 4 is 110 Å². The monoisotopic (exact) mass is 1010 g/mol. The van der Waals surface area contributed by atoms with Crippen molar-refractivity contribution in [3.63, 3.8) is 0 Å². The van der Waals surface area contributed by atoms with Crippen LogP contribution in [0.2, 0.25) is 0 Å². The summed E-state index contributed by atoms with van der Waals surface area (Å²) in [5.74, 6) is -9.10. The van der Waals surface area contributed by atoms with E-state index in [2.05, 4.69) is 46.5 Å². The molecule has 6 atom stereocenters. The molecule has 0 bridgehead atoms. The summed E-state index contributed by atoms with van der Waals surface area (Å²) in [5, 5.41) is 41.6. The SMILES string of the molecule is C[C@@H](CCC(=O)NC[C@@H](N)C(=O)N[C@H](CC(=O)O)C(=O)N[C@H](CSC1CC(=O)N(CC(=O)ON2CSSC[C@@H]2O)C1=O)C(=O)O)NC(=O)c1ccc(NCc2cnc3nc(N)[nH]c(=O)c3n2)cc1. The Hall–Kier alpha value is -6.60. The molecule has 4 heterocycles. The summed E-state index contributed by atoms with van der Waals surface area (Å²) >= 11 is 0.687. The second-order valence-electron chi connectivity index (χ2n) is 15.0. The quantitative estimate of drug-likeness (QED) is 0.0335. The summed E-state index contributed by atoms with van der Waals surface area (Å²) in [6, 6.07) is 0.953. The third-order valence-electron chi connectivity index (χ3n) is 9.76. The summed E-state index contributed by atoms with van der Waals surface area (Å²) in [4.78, 5) is 146. The number of imide groups is 1. The lowest BCUT2D eigenvalue weighted by Crippen LogP contribution is -2.57. The molecule has 2 aromatic heterocycles. The van der Waals surface area contributed by atoms with Crippen LogP contribution in [0.1, 0.15) is 48.7 Å². The van der Waals surface area contributed by atoms with Crippen LogP contribution in [-0.4, -0.2) is 165 Å². The number of fused-ring (bicyclic) bond motifs is 1. The smallest absolute Gasteiger partial charge is 0.345 e. The lowest BCUT2D eigenvalue weighted by molar-refractivity contribution is -0.221. The van der Waals surface area contributed by atoms with Crippen LogP contribution in [0.15, 0.2) is 35.3 Å². The number of amides is 6. The molecule has 0 spiro atoms. The molecule has 27 nitrogen and oxygen atoms in total. The molecule has 6 amide bonds. The zero-order valence-corrected chi connectivity index (χ0v) is 38.3. The van der Waals surface area contributed by atoms with Crippen LogP contribution in [0, 0.1) is 0 Å². The van der Waals surface area contributed by atoms with Crippen molar-refractivity contribution in [1.82, 2.24) is 51.2 Å². The van der Waals surface area contributed by atoms with Crippen LogP contribution in [0.4, 0.5) is 11.6 Å². The van der Waals surface area contributed by atoms with Gasteiger partial charge in [-0.15, -0.1) is 11.8 Å². The molecule has 0 saturated carbocycles. The molecule has 3 aromatic rings. The van der Waals surface area contributed by atoms with E-state index in [0.717, 1.165) is 5.06 Å². The summed E-state index contributed by atoms with van der Waals surface area (Å²) in [7, 11) is 2.67. The first-order chi connectivity index (χ1) is 32.3. The molecule has 2 aliphatic heterocycles. The molecule has 68 heavy (non-hydrogen) atoms. The number of hydroxylamine groups is 2. The van der Waals surface area contributed by atoms with Gasteiger partial charge in [-0.1, -0.05) is 26.7 Å². The lowest BCUT2D eigenvalue weighted by Gasteiger charge is -2.29. The minimum absolute atomic E-state index is 0.0342. The normalized spacial score (nSPS) is 17.9. The maximum Gasteiger partial charge on any atom is 0.345 e. The van der Waals surface area contributed by atoms with Gasteiger partial charge < -0.3 is 58.2 Å². The number of aliphatic hydroxyl groups excluding tert-OH is 1. The van der Waals surface area contributed by atoms with Gasteiger partial charge in [-0.3, -0.25) is 48.2 Å². The third-order valence-corrected chi connectivity index (χ3v) is 13.2. The molecular weight excluding hydrogens is 959 g/mol. The number of aliphatic carboxylic acids is 2. The Balaban J connectivity index is 1.01. The van der Waals surface area contributed by atoms with Gasteiger partial charge in [0, 0.05) is 48.2 Å². The molecule has 2 aliphatic rings. The van der Waals surface area contributed by atoms with E-state index in [-0.39, 0.29) is 48.1 Å². The second kappa shape index (κ2) is 24.4. The predicted molar refractivity (Wildman–Crippen MR) is 243 cm³/mol. The number of carboxylic acids is 2. The van der Waals surface area contributed by atoms with Gasteiger partial charge in [-0.05, 0) is 37.6 Å². The fraction of sp³-hybridized carbons (Fsp3) is 0.447. The van der Waals surface area contributed by atoms with Gasteiger partial charge in [0.2, 0.25) is 35.5 Å². The highest BCUT2D eigenvalue weighted by atomic mass is 33.1. The number of hydrogen-bond donors (Lipinski definition) is 11. The van der Waals surface area contributed by atoms with Gasteiger partial charge in [0.25, 0.3) is 11.5 Å². The van der Waals surface area contributed by atoms with Crippen molar-refractivity contribution in [2.45, 2.75) is 74.8 Å². The first-order valence-corrected chi connectivity index (χ1v) is 23.9. The van der Waals surface area contributed by atoms with Crippen LogP contribution in [0.25, 0.3) is 11.2 Å². The summed E-state index contributed by atoms with van der Waals surface area (Å²) in [5.41, 5.74) is 12.5. The highest BCUT2D eigenvalue weighted by Crippen LogP contribution is 2.30. The van der Waals surface area contributed by atoms with Crippen molar-refractivity contribution in [2.24, 2.45) is 5.73 Å². The summed E-state index contributed by atoms with van der Waals surface area (Å²) in [6.45, 7) is 0.679. The van der Waals surface area contributed by atoms with Crippen molar-refractivity contribution in [2.75, 3.05) is 41.5 Å². The van der Waals surface area contributed by atoms with Gasteiger partial charge in [-0.25, -0.2) is 19.6 Å². The summed E-state index contributed by atoms with van der Waals surface area (Å²) in [6.07, 6.45) is -0.947. The number of nitrogens with one attached hydrogen (secondary N) is 6. The Labute approximate surface area is 396 Å². The lowest BCUT2D eigenvalue weighted by atomic mass is 10.1. The number of aliphatic hydroxyl groups is 1. The van der Waals surface area contributed by atoms with Crippen LogP contribution >= 0.6 is 33.3 Å². The van der Waals surface area contributed by atoms with E-state index in [1.54, 1.807) is 31.2 Å². The number of carbonyl (C=O) groups excluding carboxylic acids is 7. The number of benzene rings is 1. The van der Waals surface area contributed by atoms with Crippen molar-refractivity contribution in [3.05, 3.63) is 52.1 Å². The largest absolute Gasteiger partial charge is 0.481 e. The Morgan fingerprint density at radius 3 is 2.41 bits per heavy atom. The zero-order valence-electron chi connectivity index (χ0n) is 35.9. The van der Waals surface area contributed by atoms with E-state index < -0.39 is 126 Å². The molecule has 13 N–H and O–H groups in total. The average molecular weight is 1010 g/mol. The molecule has 2 saturated heterocycles. The van der Waals surface area contributed by atoms with E-state index in [1.807, 2.05) is 0 Å². The minimum atomic E-state index is -1.82. The van der Waals surface area contributed by atoms with Crippen molar-refractivity contribution < 1.29 is 63.3 Å². The van der Waals surface area contributed by atoms with Gasteiger partial charge >= 0.3 is 17.9 Å². The number of likely N-dealkylation sites (tertiary alicyclic amines) is 1. The number of anilines is 2. The van der Waals surface area contributed by atoms with Gasteiger partial charge in [0.1, 0.15) is 24.7 Å². The fourth-order valence-corrected chi connectivity index (χ4v) is 9.29. The number of hydrogen-bond acceptors (Lipinski definition) is 22. The number of H-pyrrole nitrogens is 1. The number of nitrogens with zero attached hydrogens (tertiary/aromatic N) is 5. The number of nitrogen functional groups attached to an aromatic ring is 1. The van der Waals surface area contributed by atoms with E-state index in [4.69, 9.17) is 16.3 Å². The molecule has 0 aliphatic carbocycles. The molecule has 2 fully saturated rings. The number of carbonyl (C=O) groups is 9. The Morgan fingerprint density at radius 1 is 1.00 bits per heavy atom. The second-order valence-corrected chi connectivity index (χ2v) is 18.7. The van der Waals surface area contributed by atoms with Crippen molar-refractivity contribution in [3.8, 4) is 0 Å². The maximum atomic E-state index is 13.1. The van der Waals surface area contributed by atoms with Crippen LogP contribution in [-0.2, 0) is 49.7 Å². The number of aromatic amines is 1. The standard InChI is InChI=1S/C38H47N13O14S3/c1-17(44-32(58)18-3-5-19(6-4-18)41-10-20-11-43-31-30(45-20)35(61)49-38(40)48-31)2-7-25(52)42-12-21(39)33(59)46-22(8-28(55)56)34(60)47-23(37(63)64)14-66-24-9-26(53)50(36(24)62)13-29(57)65-51-16-68-67-15-27(51)54/h3-6,11,17,21-24,27,41,54H,2,7-10,12-16,39H2,1H3,(H,42,52)(H,44,58)(H,46,59)(H,47,60)(H,55,56)(H,63,64)(H3,40,43,48,49,61)/t17-,21+,22+,23+,24?,27-/m0/s1. The van der Waals surface area contributed by atoms with E-state index in [1.165, 1.54) is 27.8 Å². The third kappa shape index (κ3) is 15.2. The topological polar surface area (TPSA) is 414 Å². The molecule has 5 rings (SSSR count). The predicted octanol–water partition coefficient (Wildman–Crippen LogP) is -2.93. The number of carboxylic acid groups (broad SMARTS) is 2. The minimum Gasteiger partial charge on any atom is -0.481 e. The Bertz CT molecular complexity index is 2470. The average Bonchev–Trinajstić information content (AvgIpc) is 3.55. The van der Waals surface area contributed by atoms with Crippen molar-refractivity contribution in [1.29, 1.82) is 0 Å². The zero-order chi connectivity index (χ0) is 49.7.